The number of hydrogen-bond donors (Lipinski definition) is 0. The zero-order valence-electron chi connectivity index (χ0n) is 8.07. The van der Waals surface area contributed by atoms with Crippen LogP contribution < -0.4 is 0 Å². The molecule has 14 heavy (non-hydrogen) atoms. The zero-order valence-corrected chi connectivity index (χ0v) is 8.07. The van der Waals surface area contributed by atoms with Crippen molar-refractivity contribution in [3.05, 3.63) is 41.5 Å². The van der Waals surface area contributed by atoms with Crippen LogP contribution in [0.1, 0.15) is 23.7 Å². The van der Waals surface area contributed by atoms with E-state index in [9.17, 15) is 4.79 Å². The number of ether oxygens (including phenoxy) is 1. The van der Waals surface area contributed by atoms with Crippen LogP contribution in [0.15, 0.2) is 30.3 Å². The van der Waals surface area contributed by atoms with E-state index in [0.29, 0.717) is 0 Å². The van der Waals surface area contributed by atoms with Crippen molar-refractivity contribution in [2.24, 2.45) is 0 Å². The molecule has 1 aromatic carbocycles. The van der Waals surface area contributed by atoms with Crippen molar-refractivity contribution in [2.75, 3.05) is 7.11 Å². The Morgan fingerprint density at radius 3 is 2.93 bits per heavy atom. The minimum absolute atomic E-state index is 0.109. The van der Waals surface area contributed by atoms with Crippen LogP contribution in [-0.4, -0.2) is 13.4 Å². The lowest BCUT2D eigenvalue weighted by molar-refractivity contribution is -0.104. The Kier molecular flexibility index (Phi) is 2.46. The Balaban J connectivity index is 2.48. The number of rotatable bonds is 2. The first kappa shape index (κ1) is 9.16. The van der Waals surface area contributed by atoms with E-state index in [4.69, 9.17) is 4.74 Å². The molecule has 2 heteroatoms. The molecule has 1 unspecified atom stereocenters. The van der Waals surface area contributed by atoms with Crippen LogP contribution >= 0.6 is 0 Å². The highest BCUT2D eigenvalue weighted by Gasteiger charge is 2.25. The second-order valence-corrected chi connectivity index (χ2v) is 3.34. The summed E-state index contributed by atoms with van der Waals surface area (Å²) < 4.78 is 5.36. The van der Waals surface area contributed by atoms with Crippen LogP contribution in [-0.2, 0) is 9.53 Å². The maximum atomic E-state index is 10.4. The van der Waals surface area contributed by atoms with Crippen LogP contribution in [0.5, 0.6) is 0 Å². The van der Waals surface area contributed by atoms with Crippen LogP contribution in [0.4, 0.5) is 0 Å². The molecule has 0 aromatic heterocycles. The molecular weight excluding hydrogens is 176 g/mol. The fraction of sp³-hybridized carbons (Fsp3) is 0.250. The van der Waals surface area contributed by atoms with Crippen LogP contribution in [0.3, 0.4) is 0 Å². The summed E-state index contributed by atoms with van der Waals surface area (Å²) in [6, 6.07) is 8.06. The van der Waals surface area contributed by atoms with E-state index in [0.717, 1.165) is 23.8 Å². The summed E-state index contributed by atoms with van der Waals surface area (Å²) in [4.78, 5) is 10.4. The number of carbonyl (C=O) groups is 1. The molecule has 72 valence electrons. The molecule has 1 aliphatic carbocycles. The highest BCUT2D eigenvalue weighted by Crippen LogP contribution is 2.40. The largest absolute Gasteiger partial charge is 0.376 e. The van der Waals surface area contributed by atoms with Gasteiger partial charge in [0.05, 0.1) is 6.10 Å². The van der Waals surface area contributed by atoms with Gasteiger partial charge in [-0.15, -0.1) is 0 Å². The molecule has 2 rings (SSSR count). The number of carbonyl (C=O) groups excluding carboxylic acids is 1. The highest BCUT2D eigenvalue weighted by molar-refractivity contribution is 5.85. The van der Waals surface area contributed by atoms with Gasteiger partial charge in [-0.2, -0.15) is 0 Å². The SMILES string of the molecule is COC1C/C(=C\C=O)c2ccccc21. The van der Waals surface area contributed by atoms with Gasteiger partial charge < -0.3 is 4.74 Å². The van der Waals surface area contributed by atoms with Gasteiger partial charge >= 0.3 is 0 Å². The maximum absolute atomic E-state index is 10.4. The molecule has 0 bridgehead atoms. The molecule has 1 aliphatic rings. The topological polar surface area (TPSA) is 26.3 Å². The maximum Gasteiger partial charge on any atom is 0.143 e. The lowest BCUT2D eigenvalue weighted by atomic mass is 10.1. The lowest BCUT2D eigenvalue weighted by Gasteiger charge is -2.07. The van der Waals surface area contributed by atoms with Gasteiger partial charge in [0.1, 0.15) is 6.29 Å². The number of methoxy groups -OCH3 is 1. The van der Waals surface area contributed by atoms with Gasteiger partial charge in [0, 0.05) is 13.5 Å². The van der Waals surface area contributed by atoms with Crippen molar-refractivity contribution in [3.8, 4) is 0 Å². The van der Waals surface area contributed by atoms with Crippen LogP contribution in [0, 0.1) is 0 Å². The van der Waals surface area contributed by atoms with Crippen molar-refractivity contribution < 1.29 is 9.53 Å². The normalized spacial score (nSPS) is 22.4. The predicted octanol–water partition coefficient (Wildman–Crippen LogP) is 2.36. The van der Waals surface area contributed by atoms with E-state index >= 15 is 0 Å². The van der Waals surface area contributed by atoms with E-state index < -0.39 is 0 Å². The molecule has 0 aliphatic heterocycles. The molecule has 0 saturated carbocycles. The Morgan fingerprint density at radius 1 is 1.43 bits per heavy atom. The third-order valence-electron chi connectivity index (χ3n) is 2.61. The van der Waals surface area contributed by atoms with Crippen LogP contribution in [0.25, 0.3) is 5.57 Å². The minimum atomic E-state index is 0.109. The summed E-state index contributed by atoms with van der Waals surface area (Å²) in [7, 11) is 1.70. The molecule has 0 saturated heterocycles. The molecule has 0 spiro atoms. The van der Waals surface area contributed by atoms with Crippen molar-refractivity contribution >= 4 is 11.9 Å². The van der Waals surface area contributed by atoms with Gasteiger partial charge in [-0.3, -0.25) is 4.79 Å². The first-order valence-electron chi connectivity index (χ1n) is 4.63. The van der Waals surface area contributed by atoms with E-state index in [1.807, 2.05) is 18.2 Å². The summed E-state index contributed by atoms with van der Waals surface area (Å²) >= 11 is 0. The highest BCUT2D eigenvalue weighted by atomic mass is 16.5. The fourth-order valence-corrected chi connectivity index (χ4v) is 1.94. The molecule has 1 atom stereocenters. The number of allylic oxidation sites excluding steroid dienone is 1. The quantitative estimate of drug-likeness (QED) is 0.526. The molecule has 0 radical (unpaired) electrons. The standard InChI is InChI=1S/C12H12O2/c1-14-12-8-9(6-7-13)10-4-2-3-5-11(10)12/h2-7,12H,8H2,1H3/b9-6+. The summed E-state index contributed by atoms with van der Waals surface area (Å²) in [6.45, 7) is 0. The van der Waals surface area contributed by atoms with E-state index in [1.165, 1.54) is 5.56 Å². The first-order chi connectivity index (χ1) is 6.86. The minimum Gasteiger partial charge on any atom is -0.376 e. The number of hydrogen-bond acceptors (Lipinski definition) is 2. The van der Waals surface area contributed by atoms with E-state index in [-0.39, 0.29) is 6.10 Å². The van der Waals surface area contributed by atoms with Gasteiger partial charge in [0.25, 0.3) is 0 Å². The van der Waals surface area contributed by atoms with Crippen molar-refractivity contribution in [1.82, 2.24) is 0 Å². The summed E-state index contributed by atoms with van der Waals surface area (Å²) in [5, 5.41) is 0. The smallest absolute Gasteiger partial charge is 0.143 e. The lowest BCUT2D eigenvalue weighted by Crippen LogP contribution is -1.94. The Hall–Kier alpha value is -1.41. The van der Waals surface area contributed by atoms with Gasteiger partial charge in [0.2, 0.25) is 0 Å². The monoisotopic (exact) mass is 188 g/mol. The molecule has 0 amide bonds. The third kappa shape index (κ3) is 1.38. The van der Waals surface area contributed by atoms with E-state index in [1.54, 1.807) is 13.2 Å². The van der Waals surface area contributed by atoms with E-state index in [2.05, 4.69) is 6.07 Å². The fourth-order valence-electron chi connectivity index (χ4n) is 1.94. The average Bonchev–Trinajstić information content (AvgIpc) is 2.58. The number of benzene rings is 1. The predicted molar refractivity (Wildman–Crippen MR) is 54.9 cm³/mol. The first-order valence-corrected chi connectivity index (χ1v) is 4.63. The summed E-state index contributed by atoms with van der Waals surface area (Å²) in [5.74, 6) is 0. The summed E-state index contributed by atoms with van der Waals surface area (Å²) in [6.07, 6.45) is 3.37. The second-order valence-electron chi connectivity index (χ2n) is 3.34. The summed E-state index contributed by atoms with van der Waals surface area (Å²) in [5.41, 5.74) is 3.40. The number of fused-ring (bicyclic) bond motifs is 1. The molecule has 0 fully saturated rings. The Labute approximate surface area is 83.2 Å². The van der Waals surface area contributed by atoms with Crippen molar-refractivity contribution in [2.45, 2.75) is 12.5 Å². The second kappa shape index (κ2) is 3.76. The molecule has 1 aromatic rings. The van der Waals surface area contributed by atoms with Crippen LogP contribution in [0.2, 0.25) is 0 Å². The number of aldehydes is 1. The van der Waals surface area contributed by atoms with Gasteiger partial charge in [0.15, 0.2) is 0 Å². The Morgan fingerprint density at radius 2 is 2.21 bits per heavy atom. The molecule has 0 heterocycles. The molecule has 2 nitrogen and oxygen atoms in total. The van der Waals surface area contributed by atoms with Crippen molar-refractivity contribution in [1.29, 1.82) is 0 Å². The zero-order chi connectivity index (χ0) is 9.97. The average molecular weight is 188 g/mol. The molecule has 0 N–H and O–H groups in total. The Bertz CT molecular complexity index is 380. The third-order valence-corrected chi connectivity index (χ3v) is 2.61. The van der Waals surface area contributed by atoms with Gasteiger partial charge in [-0.05, 0) is 22.8 Å². The van der Waals surface area contributed by atoms with Crippen molar-refractivity contribution in [3.63, 3.8) is 0 Å². The van der Waals surface area contributed by atoms with Gasteiger partial charge in [-0.1, -0.05) is 24.3 Å². The molecular formula is C12H12O2. The van der Waals surface area contributed by atoms with Gasteiger partial charge in [-0.25, -0.2) is 0 Å².